The molecule has 0 saturated heterocycles. The molecule has 4 rings (SSSR count). The zero-order chi connectivity index (χ0) is 22.5. The van der Waals surface area contributed by atoms with E-state index in [1.165, 1.54) is 12.1 Å². The van der Waals surface area contributed by atoms with Gasteiger partial charge < -0.3 is 14.5 Å². The van der Waals surface area contributed by atoms with Gasteiger partial charge in [-0.15, -0.1) is 11.3 Å². The lowest BCUT2D eigenvalue weighted by Gasteiger charge is -2.28. The van der Waals surface area contributed by atoms with Crippen molar-refractivity contribution in [3.63, 3.8) is 0 Å². The van der Waals surface area contributed by atoms with E-state index in [-0.39, 0.29) is 30.2 Å². The van der Waals surface area contributed by atoms with Crippen LogP contribution >= 0.6 is 11.3 Å². The first-order valence-corrected chi connectivity index (χ1v) is 11.4. The Morgan fingerprint density at radius 3 is 2.34 bits per heavy atom. The fourth-order valence-electron chi connectivity index (χ4n) is 3.53. The number of rotatable bonds is 9. The van der Waals surface area contributed by atoms with Crippen molar-refractivity contribution in [1.29, 1.82) is 0 Å². The number of benzene rings is 2. The molecule has 0 unspecified atom stereocenters. The first kappa shape index (κ1) is 22.0. The fourth-order valence-corrected chi connectivity index (χ4v) is 4.25. The normalized spacial score (nSPS) is 12.9. The lowest BCUT2D eigenvalue weighted by atomic mass is 10.1. The highest BCUT2D eigenvalue weighted by Gasteiger charge is 2.35. The molecule has 166 valence electrons. The molecule has 1 aromatic heterocycles. The number of thiophene rings is 1. The highest BCUT2D eigenvalue weighted by molar-refractivity contribution is 7.09. The Morgan fingerprint density at radius 1 is 1.03 bits per heavy atom. The maximum atomic E-state index is 13.4. The van der Waals surface area contributed by atoms with Gasteiger partial charge in [-0.25, -0.2) is 4.39 Å². The first-order valence-electron chi connectivity index (χ1n) is 10.5. The zero-order valence-corrected chi connectivity index (χ0v) is 18.7. The maximum absolute atomic E-state index is 13.4. The summed E-state index contributed by atoms with van der Waals surface area (Å²) in [7, 11) is 1.58. The molecular formula is C25H25FN2O3S. The van der Waals surface area contributed by atoms with E-state index in [1.54, 1.807) is 64.6 Å². The summed E-state index contributed by atoms with van der Waals surface area (Å²) < 4.78 is 18.5. The summed E-state index contributed by atoms with van der Waals surface area (Å²) >= 11 is 1.58. The Morgan fingerprint density at radius 2 is 1.75 bits per heavy atom. The van der Waals surface area contributed by atoms with Crippen LogP contribution in [0, 0.1) is 5.82 Å². The molecule has 1 aliphatic rings. The Bertz CT molecular complexity index is 1050. The summed E-state index contributed by atoms with van der Waals surface area (Å²) in [6.45, 7) is 0.817. The van der Waals surface area contributed by atoms with E-state index < -0.39 is 0 Å². The van der Waals surface area contributed by atoms with Crippen molar-refractivity contribution >= 4 is 23.2 Å². The predicted molar refractivity (Wildman–Crippen MR) is 122 cm³/mol. The Hall–Kier alpha value is -3.19. The van der Waals surface area contributed by atoms with Gasteiger partial charge in [-0.05, 0) is 66.2 Å². The minimum atomic E-state index is -0.310. The van der Waals surface area contributed by atoms with Crippen LogP contribution in [0.25, 0.3) is 0 Å². The van der Waals surface area contributed by atoms with Crippen molar-refractivity contribution in [3.8, 4) is 5.75 Å². The number of halogens is 1. The third-order valence-corrected chi connectivity index (χ3v) is 6.32. The SMILES string of the molecule is COc1ccc(C(=O)N(CC(=O)N(Cc2ccc(F)cc2)Cc2cccs2)C2CC2)cc1. The lowest BCUT2D eigenvalue weighted by molar-refractivity contribution is -0.133. The highest BCUT2D eigenvalue weighted by atomic mass is 32.1. The van der Waals surface area contributed by atoms with Gasteiger partial charge in [0.2, 0.25) is 5.91 Å². The van der Waals surface area contributed by atoms with Gasteiger partial charge in [0.1, 0.15) is 18.1 Å². The standard InChI is InChI=1S/C25H25FN2O3S/c1-31-22-12-6-19(7-13-22)25(30)28(21-10-11-21)17-24(29)27(16-23-3-2-14-32-23)15-18-4-8-20(26)9-5-18/h2-9,12-14,21H,10-11,15-17H2,1H3. The van der Waals surface area contributed by atoms with Crippen LogP contribution < -0.4 is 4.74 Å². The molecule has 0 spiro atoms. The molecule has 5 nitrogen and oxygen atoms in total. The second kappa shape index (κ2) is 9.96. The number of ether oxygens (including phenoxy) is 1. The van der Waals surface area contributed by atoms with Crippen molar-refractivity contribution in [3.05, 3.63) is 87.9 Å². The number of amides is 2. The summed E-state index contributed by atoms with van der Waals surface area (Å²) in [4.78, 5) is 31.0. The van der Waals surface area contributed by atoms with Crippen molar-refractivity contribution in [2.24, 2.45) is 0 Å². The van der Waals surface area contributed by atoms with E-state index in [9.17, 15) is 14.0 Å². The molecule has 1 saturated carbocycles. The molecule has 1 heterocycles. The van der Waals surface area contributed by atoms with Crippen LogP contribution in [0.3, 0.4) is 0 Å². The third kappa shape index (κ3) is 5.53. The lowest BCUT2D eigenvalue weighted by Crippen LogP contribution is -2.43. The number of hydrogen-bond acceptors (Lipinski definition) is 4. The summed E-state index contributed by atoms with van der Waals surface area (Å²) in [6.07, 6.45) is 1.80. The third-order valence-electron chi connectivity index (χ3n) is 5.46. The zero-order valence-electron chi connectivity index (χ0n) is 17.9. The van der Waals surface area contributed by atoms with Crippen LogP contribution in [-0.2, 0) is 17.9 Å². The van der Waals surface area contributed by atoms with Crippen molar-refractivity contribution in [2.75, 3.05) is 13.7 Å². The fraction of sp³-hybridized carbons (Fsp3) is 0.280. The van der Waals surface area contributed by atoms with E-state index in [0.717, 1.165) is 23.3 Å². The van der Waals surface area contributed by atoms with E-state index in [4.69, 9.17) is 4.74 Å². The molecule has 32 heavy (non-hydrogen) atoms. The molecule has 3 aromatic rings. The molecule has 1 fully saturated rings. The minimum Gasteiger partial charge on any atom is -0.497 e. The van der Waals surface area contributed by atoms with Crippen LogP contribution in [0.15, 0.2) is 66.0 Å². The summed E-state index contributed by atoms with van der Waals surface area (Å²) in [5, 5.41) is 1.97. The van der Waals surface area contributed by atoms with Crippen molar-refractivity contribution < 1.29 is 18.7 Å². The molecule has 2 amide bonds. The van der Waals surface area contributed by atoms with Crippen LogP contribution in [0.2, 0.25) is 0 Å². The van der Waals surface area contributed by atoms with Gasteiger partial charge in [0.25, 0.3) is 5.91 Å². The maximum Gasteiger partial charge on any atom is 0.254 e. The molecule has 0 atom stereocenters. The smallest absolute Gasteiger partial charge is 0.254 e. The number of hydrogen-bond donors (Lipinski definition) is 0. The topological polar surface area (TPSA) is 49.9 Å². The highest BCUT2D eigenvalue weighted by Crippen LogP contribution is 2.29. The quantitative estimate of drug-likeness (QED) is 0.472. The average Bonchev–Trinajstić information content (AvgIpc) is 3.53. The number of methoxy groups -OCH3 is 1. The molecule has 1 aliphatic carbocycles. The average molecular weight is 453 g/mol. The second-order valence-corrected chi connectivity index (χ2v) is 8.88. The summed E-state index contributed by atoms with van der Waals surface area (Å²) in [6, 6.07) is 17.1. The van der Waals surface area contributed by atoms with Gasteiger partial charge in [-0.3, -0.25) is 9.59 Å². The van der Waals surface area contributed by atoms with Gasteiger partial charge in [-0.2, -0.15) is 0 Å². The summed E-state index contributed by atoms with van der Waals surface area (Å²) in [5.74, 6) is 0.0877. The summed E-state index contributed by atoms with van der Waals surface area (Å²) in [5.41, 5.74) is 1.38. The molecule has 0 bridgehead atoms. The number of carbonyl (C=O) groups is 2. The molecule has 2 aromatic carbocycles. The molecule has 0 aliphatic heterocycles. The van der Waals surface area contributed by atoms with Crippen LogP contribution in [-0.4, -0.2) is 41.3 Å². The number of carbonyl (C=O) groups excluding carboxylic acids is 2. The largest absolute Gasteiger partial charge is 0.497 e. The van der Waals surface area contributed by atoms with Gasteiger partial charge >= 0.3 is 0 Å². The van der Waals surface area contributed by atoms with E-state index in [1.807, 2.05) is 17.5 Å². The second-order valence-electron chi connectivity index (χ2n) is 7.85. The van der Waals surface area contributed by atoms with Crippen LogP contribution in [0.5, 0.6) is 5.75 Å². The number of nitrogens with zero attached hydrogens (tertiary/aromatic N) is 2. The van der Waals surface area contributed by atoms with E-state index >= 15 is 0 Å². The van der Waals surface area contributed by atoms with Crippen LogP contribution in [0.1, 0.15) is 33.6 Å². The minimum absolute atomic E-state index is 0.0160. The van der Waals surface area contributed by atoms with Gasteiger partial charge in [0.05, 0.1) is 13.7 Å². The van der Waals surface area contributed by atoms with Crippen molar-refractivity contribution in [1.82, 2.24) is 9.80 Å². The van der Waals surface area contributed by atoms with Gasteiger partial charge in [-0.1, -0.05) is 18.2 Å². The molecular weight excluding hydrogens is 427 g/mol. The van der Waals surface area contributed by atoms with Crippen LogP contribution in [0.4, 0.5) is 4.39 Å². The van der Waals surface area contributed by atoms with Gasteiger partial charge in [0, 0.05) is 23.0 Å². The van der Waals surface area contributed by atoms with Crippen molar-refractivity contribution in [2.45, 2.75) is 32.0 Å². The Kier molecular flexibility index (Phi) is 6.85. The monoisotopic (exact) mass is 452 g/mol. The predicted octanol–water partition coefficient (Wildman–Crippen LogP) is 4.73. The molecule has 0 N–H and O–H groups in total. The first-order chi connectivity index (χ1) is 15.5. The molecule has 0 radical (unpaired) electrons. The van der Waals surface area contributed by atoms with E-state index in [0.29, 0.717) is 24.4 Å². The Labute approximate surface area is 191 Å². The molecule has 7 heteroatoms. The van der Waals surface area contributed by atoms with Gasteiger partial charge in [0.15, 0.2) is 0 Å². The van der Waals surface area contributed by atoms with E-state index in [2.05, 4.69) is 0 Å². The Balaban J connectivity index is 1.51.